The number of rotatable bonds is 4. The Kier molecular flexibility index (Phi) is 4.71. The van der Waals surface area contributed by atoms with Gasteiger partial charge in [-0.3, -0.25) is 0 Å². The third-order valence-corrected chi connectivity index (χ3v) is 4.20. The van der Waals surface area contributed by atoms with Crippen LogP contribution in [0.15, 0.2) is 30.3 Å². The third kappa shape index (κ3) is 4.45. The minimum atomic E-state index is -0.193. The number of carbonyl (C=O) groups excluding carboxylic acids is 1. The van der Waals surface area contributed by atoms with Crippen LogP contribution in [0.4, 0.5) is 0 Å². The Hall–Kier alpha value is -0.791. The van der Waals surface area contributed by atoms with Crippen LogP contribution < -0.4 is 4.46 Å². The number of benzene rings is 1. The molecule has 0 fully saturated rings. The Morgan fingerprint density at radius 2 is 2.07 bits per heavy atom. The summed E-state index contributed by atoms with van der Waals surface area (Å²) in [5.41, 5.74) is 0. The fourth-order valence-electron chi connectivity index (χ4n) is 1.05. The van der Waals surface area contributed by atoms with Gasteiger partial charge in [-0.1, -0.05) is 0 Å². The number of ether oxygens (including phenoxy) is 1. The van der Waals surface area contributed by atoms with E-state index in [1.807, 2.05) is 25.1 Å². The van der Waals surface area contributed by atoms with Crippen LogP contribution in [-0.4, -0.2) is 27.0 Å². The van der Waals surface area contributed by atoms with Gasteiger partial charge in [0.25, 0.3) is 0 Å². The molecule has 14 heavy (non-hydrogen) atoms. The van der Waals surface area contributed by atoms with Crippen LogP contribution in [0.1, 0.15) is 13.8 Å². The van der Waals surface area contributed by atoms with Crippen molar-refractivity contribution in [2.24, 2.45) is 0 Å². The maximum atomic E-state index is 10.7. The van der Waals surface area contributed by atoms with E-state index >= 15 is 0 Å². The summed E-state index contributed by atoms with van der Waals surface area (Å²) < 4.78 is 6.39. The molecule has 0 aromatic heterocycles. The monoisotopic (exact) mass is 258 g/mol. The quantitative estimate of drug-likeness (QED) is 0.602. The molecule has 3 heteroatoms. The van der Waals surface area contributed by atoms with E-state index in [-0.39, 0.29) is 12.1 Å². The second-order valence-electron chi connectivity index (χ2n) is 3.04. The van der Waals surface area contributed by atoms with E-state index in [4.69, 9.17) is 4.74 Å². The predicted octanol–water partition coefficient (Wildman–Crippen LogP) is 1.39. The number of esters is 1. The number of hydrogen-bond acceptors (Lipinski definition) is 2. The summed E-state index contributed by atoms with van der Waals surface area (Å²) in [5.74, 6) is -0.193. The van der Waals surface area contributed by atoms with Gasteiger partial charge in [0.15, 0.2) is 0 Å². The minimum absolute atomic E-state index is 0.0349. The molecule has 0 aliphatic rings. The SMILES string of the molecule is CC(=O)O[C@H](C)C[Se]c1ccccc1. The molecule has 0 N–H and O–H groups in total. The van der Waals surface area contributed by atoms with Gasteiger partial charge in [0.1, 0.15) is 0 Å². The Labute approximate surface area is 90.8 Å². The van der Waals surface area contributed by atoms with Gasteiger partial charge in [-0.25, -0.2) is 0 Å². The zero-order valence-electron chi connectivity index (χ0n) is 8.40. The molecule has 0 spiro atoms. The molecular weight excluding hydrogens is 243 g/mol. The van der Waals surface area contributed by atoms with Crippen molar-refractivity contribution in [1.82, 2.24) is 0 Å². The van der Waals surface area contributed by atoms with Gasteiger partial charge in [0.2, 0.25) is 0 Å². The molecule has 0 aliphatic heterocycles. The average Bonchev–Trinajstić information content (AvgIpc) is 2.15. The van der Waals surface area contributed by atoms with Crippen molar-refractivity contribution in [3.8, 4) is 0 Å². The summed E-state index contributed by atoms with van der Waals surface area (Å²) in [6.07, 6.45) is 0.0349. The van der Waals surface area contributed by atoms with Crippen molar-refractivity contribution in [1.29, 1.82) is 0 Å². The predicted molar refractivity (Wildman–Crippen MR) is 57.9 cm³/mol. The Morgan fingerprint density at radius 1 is 1.43 bits per heavy atom. The zero-order valence-corrected chi connectivity index (χ0v) is 10.1. The van der Waals surface area contributed by atoms with Gasteiger partial charge in [0.05, 0.1) is 0 Å². The standard InChI is InChI=1S/C11H14O2Se/c1-9(13-10(2)12)8-14-11-6-4-3-5-7-11/h3-7,9H,8H2,1-2H3/t9-/m1/s1. The van der Waals surface area contributed by atoms with Crippen molar-refractivity contribution < 1.29 is 9.53 Å². The summed E-state index contributed by atoms with van der Waals surface area (Å²) in [5, 5.41) is 0.941. The molecule has 0 aliphatic carbocycles. The third-order valence-electron chi connectivity index (χ3n) is 1.60. The van der Waals surface area contributed by atoms with E-state index in [1.165, 1.54) is 11.4 Å². The first-order chi connectivity index (χ1) is 6.68. The van der Waals surface area contributed by atoms with Gasteiger partial charge < -0.3 is 0 Å². The molecular formula is C11H14O2Se. The summed E-state index contributed by atoms with van der Waals surface area (Å²) in [7, 11) is 0. The van der Waals surface area contributed by atoms with Crippen LogP contribution in [0.25, 0.3) is 0 Å². The molecule has 1 rings (SSSR count). The summed E-state index contributed by atoms with van der Waals surface area (Å²) in [6.45, 7) is 3.39. The van der Waals surface area contributed by atoms with Gasteiger partial charge >= 0.3 is 90.5 Å². The molecule has 1 aromatic rings. The molecule has 0 amide bonds. The molecule has 76 valence electrons. The van der Waals surface area contributed by atoms with E-state index < -0.39 is 0 Å². The summed E-state index contributed by atoms with van der Waals surface area (Å²) >= 11 is 0.399. The van der Waals surface area contributed by atoms with Crippen LogP contribution in [0.3, 0.4) is 0 Å². The molecule has 1 atom stereocenters. The first-order valence-corrected chi connectivity index (χ1v) is 6.60. The van der Waals surface area contributed by atoms with E-state index in [2.05, 4.69) is 12.1 Å². The van der Waals surface area contributed by atoms with E-state index in [0.717, 1.165) is 5.32 Å². The van der Waals surface area contributed by atoms with Crippen LogP contribution in [0.2, 0.25) is 5.32 Å². The summed E-state index contributed by atoms with van der Waals surface area (Å²) in [4.78, 5) is 10.7. The average molecular weight is 257 g/mol. The topological polar surface area (TPSA) is 26.3 Å². The molecule has 2 nitrogen and oxygen atoms in total. The van der Waals surface area contributed by atoms with Crippen LogP contribution >= 0.6 is 0 Å². The van der Waals surface area contributed by atoms with E-state index in [0.29, 0.717) is 15.0 Å². The molecule has 0 unspecified atom stereocenters. The molecule has 0 heterocycles. The number of carbonyl (C=O) groups is 1. The van der Waals surface area contributed by atoms with Crippen LogP contribution in [0, 0.1) is 0 Å². The summed E-state index contributed by atoms with van der Waals surface area (Å²) in [6, 6.07) is 10.3. The molecule has 0 saturated heterocycles. The van der Waals surface area contributed by atoms with E-state index in [9.17, 15) is 4.79 Å². The van der Waals surface area contributed by atoms with Gasteiger partial charge in [-0.05, 0) is 0 Å². The fraction of sp³-hybridized carbons (Fsp3) is 0.364. The second kappa shape index (κ2) is 5.84. The Bertz CT molecular complexity index is 285. The molecule has 0 bridgehead atoms. The van der Waals surface area contributed by atoms with Crippen molar-refractivity contribution in [2.75, 3.05) is 0 Å². The van der Waals surface area contributed by atoms with Crippen molar-refractivity contribution in [2.45, 2.75) is 25.3 Å². The zero-order chi connectivity index (χ0) is 10.4. The van der Waals surface area contributed by atoms with Crippen LogP contribution in [-0.2, 0) is 9.53 Å². The molecule has 1 aromatic carbocycles. The molecule has 0 saturated carbocycles. The van der Waals surface area contributed by atoms with Gasteiger partial charge in [-0.15, -0.1) is 0 Å². The van der Waals surface area contributed by atoms with Gasteiger partial charge in [-0.2, -0.15) is 0 Å². The Morgan fingerprint density at radius 3 is 2.64 bits per heavy atom. The van der Waals surface area contributed by atoms with Crippen molar-refractivity contribution in [3.63, 3.8) is 0 Å². The van der Waals surface area contributed by atoms with Crippen molar-refractivity contribution in [3.05, 3.63) is 30.3 Å². The second-order valence-corrected chi connectivity index (χ2v) is 5.34. The first-order valence-electron chi connectivity index (χ1n) is 4.53. The molecule has 0 radical (unpaired) electrons. The van der Waals surface area contributed by atoms with Crippen LogP contribution in [0.5, 0.6) is 0 Å². The Balaban J connectivity index is 2.30. The number of hydrogen-bond donors (Lipinski definition) is 0. The first kappa shape index (κ1) is 11.3. The van der Waals surface area contributed by atoms with Crippen molar-refractivity contribution >= 4 is 25.4 Å². The maximum absolute atomic E-state index is 10.7. The van der Waals surface area contributed by atoms with Gasteiger partial charge in [0, 0.05) is 0 Å². The normalized spacial score (nSPS) is 12.1. The fourth-order valence-corrected chi connectivity index (χ4v) is 2.82. The van der Waals surface area contributed by atoms with E-state index in [1.54, 1.807) is 0 Å².